The fraction of sp³-hybridized carbons (Fsp3) is 0.500. The first-order valence-corrected chi connectivity index (χ1v) is 6.85. The number of ether oxygens (including phenoxy) is 1. The number of nitrogens with zero attached hydrogens (tertiary/aromatic N) is 1. The molecule has 1 aromatic carbocycles. The van der Waals surface area contributed by atoms with Crippen molar-refractivity contribution in [1.29, 1.82) is 0 Å². The Morgan fingerprint density at radius 2 is 2.11 bits per heavy atom. The van der Waals surface area contributed by atoms with Gasteiger partial charge in [0.05, 0.1) is 19.3 Å². The molecule has 0 radical (unpaired) electrons. The Kier molecular flexibility index (Phi) is 4.80. The second-order valence-electron chi connectivity index (χ2n) is 4.84. The van der Waals surface area contributed by atoms with E-state index in [-0.39, 0.29) is 18.2 Å². The summed E-state index contributed by atoms with van der Waals surface area (Å²) in [5, 5.41) is 3.91. The van der Waals surface area contributed by atoms with Gasteiger partial charge in [0.1, 0.15) is 6.17 Å². The number of hydrogen-bond donors (Lipinski definition) is 1. The first-order valence-electron chi connectivity index (χ1n) is 6.48. The molecular weight excluding hydrogens is 264 g/mol. The van der Waals surface area contributed by atoms with E-state index in [9.17, 15) is 4.79 Å². The Morgan fingerprint density at radius 3 is 2.74 bits per heavy atom. The molecule has 0 aliphatic carbocycles. The molecule has 0 aromatic heterocycles. The molecule has 1 aromatic rings. The van der Waals surface area contributed by atoms with Crippen molar-refractivity contribution >= 4 is 17.5 Å². The van der Waals surface area contributed by atoms with Gasteiger partial charge in [0, 0.05) is 11.6 Å². The van der Waals surface area contributed by atoms with E-state index >= 15 is 0 Å². The zero-order chi connectivity index (χ0) is 13.8. The lowest BCUT2D eigenvalue weighted by molar-refractivity contribution is -0.129. The number of carbonyl (C=O) groups is 1. The molecule has 1 saturated heterocycles. The summed E-state index contributed by atoms with van der Waals surface area (Å²) in [5.74, 6) is 0.104. The molecule has 1 fully saturated rings. The predicted octanol–water partition coefficient (Wildman–Crippen LogP) is 2.20. The summed E-state index contributed by atoms with van der Waals surface area (Å²) in [5.41, 5.74) is 1.04. The van der Waals surface area contributed by atoms with E-state index < -0.39 is 0 Å². The second-order valence-corrected chi connectivity index (χ2v) is 5.28. The summed E-state index contributed by atoms with van der Waals surface area (Å²) in [4.78, 5) is 13.7. The zero-order valence-corrected chi connectivity index (χ0v) is 12.0. The molecule has 1 aliphatic rings. The third-order valence-electron chi connectivity index (χ3n) is 3.05. The van der Waals surface area contributed by atoms with Crippen molar-refractivity contribution in [2.75, 3.05) is 19.7 Å². The number of amides is 1. The van der Waals surface area contributed by atoms with E-state index in [1.807, 2.05) is 43.0 Å². The van der Waals surface area contributed by atoms with Crippen molar-refractivity contribution in [2.45, 2.75) is 26.1 Å². The average molecular weight is 283 g/mol. The standard InChI is InChI=1S/C14H19ClN2O2/c1-10(2)19-8-7-17-13(18)9-16-14(17)11-3-5-12(15)6-4-11/h3-6,10,14,16H,7-9H2,1-2H3. The van der Waals surface area contributed by atoms with Crippen LogP contribution < -0.4 is 5.32 Å². The molecule has 1 heterocycles. The van der Waals surface area contributed by atoms with Crippen LogP contribution >= 0.6 is 11.6 Å². The Labute approximate surface area is 118 Å². The highest BCUT2D eigenvalue weighted by Gasteiger charge is 2.31. The zero-order valence-electron chi connectivity index (χ0n) is 11.2. The Balaban J connectivity index is 2.02. The van der Waals surface area contributed by atoms with Crippen LogP contribution in [0.1, 0.15) is 25.6 Å². The number of rotatable bonds is 5. The van der Waals surface area contributed by atoms with Gasteiger partial charge in [0.15, 0.2) is 0 Å². The molecule has 1 N–H and O–H groups in total. The lowest BCUT2D eigenvalue weighted by Gasteiger charge is -2.25. The number of nitrogens with one attached hydrogen (secondary N) is 1. The Morgan fingerprint density at radius 1 is 1.42 bits per heavy atom. The SMILES string of the molecule is CC(C)OCCN1C(=O)CNC1c1ccc(Cl)cc1. The third-order valence-corrected chi connectivity index (χ3v) is 3.30. The summed E-state index contributed by atoms with van der Waals surface area (Å²) >= 11 is 5.88. The molecule has 19 heavy (non-hydrogen) atoms. The average Bonchev–Trinajstić information content (AvgIpc) is 2.72. The maximum atomic E-state index is 11.9. The summed E-state index contributed by atoms with van der Waals surface area (Å²) < 4.78 is 5.51. The fourth-order valence-corrected chi connectivity index (χ4v) is 2.25. The summed E-state index contributed by atoms with van der Waals surface area (Å²) in [6, 6.07) is 7.55. The molecule has 2 rings (SSSR count). The summed E-state index contributed by atoms with van der Waals surface area (Å²) in [6.07, 6.45) is 0.0974. The lowest BCUT2D eigenvalue weighted by atomic mass is 10.1. The van der Waals surface area contributed by atoms with E-state index in [2.05, 4.69) is 5.32 Å². The van der Waals surface area contributed by atoms with Gasteiger partial charge >= 0.3 is 0 Å². The van der Waals surface area contributed by atoms with Crippen molar-refractivity contribution in [3.05, 3.63) is 34.9 Å². The normalized spacial score (nSPS) is 19.5. The predicted molar refractivity (Wildman–Crippen MR) is 75.0 cm³/mol. The van der Waals surface area contributed by atoms with Crippen LogP contribution in [0.15, 0.2) is 24.3 Å². The first kappa shape index (κ1) is 14.3. The molecule has 0 spiro atoms. The van der Waals surface area contributed by atoms with Crippen molar-refractivity contribution in [2.24, 2.45) is 0 Å². The molecule has 1 atom stereocenters. The summed E-state index contributed by atoms with van der Waals surface area (Å²) in [6.45, 7) is 5.49. The molecule has 1 unspecified atom stereocenters. The van der Waals surface area contributed by atoms with E-state index in [1.165, 1.54) is 0 Å². The van der Waals surface area contributed by atoms with Gasteiger partial charge in [-0.2, -0.15) is 0 Å². The van der Waals surface area contributed by atoms with Gasteiger partial charge in [0.2, 0.25) is 5.91 Å². The smallest absolute Gasteiger partial charge is 0.238 e. The second kappa shape index (κ2) is 6.37. The minimum Gasteiger partial charge on any atom is -0.377 e. The Bertz CT molecular complexity index is 434. The lowest BCUT2D eigenvalue weighted by Crippen LogP contribution is -2.33. The molecule has 4 nitrogen and oxygen atoms in total. The molecule has 5 heteroatoms. The number of benzene rings is 1. The fourth-order valence-electron chi connectivity index (χ4n) is 2.12. The maximum absolute atomic E-state index is 11.9. The van der Waals surface area contributed by atoms with Crippen LogP contribution in [-0.2, 0) is 9.53 Å². The highest BCUT2D eigenvalue weighted by Crippen LogP contribution is 2.23. The van der Waals surface area contributed by atoms with Crippen LogP contribution in [0, 0.1) is 0 Å². The summed E-state index contributed by atoms with van der Waals surface area (Å²) in [7, 11) is 0. The minimum atomic E-state index is -0.0828. The van der Waals surface area contributed by atoms with Crippen LogP contribution in [0.2, 0.25) is 5.02 Å². The van der Waals surface area contributed by atoms with Gasteiger partial charge in [-0.25, -0.2) is 0 Å². The quantitative estimate of drug-likeness (QED) is 0.900. The van der Waals surface area contributed by atoms with Crippen LogP contribution in [0.25, 0.3) is 0 Å². The highest BCUT2D eigenvalue weighted by molar-refractivity contribution is 6.30. The van der Waals surface area contributed by atoms with Crippen molar-refractivity contribution < 1.29 is 9.53 Å². The van der Waals surface area contributed by atoms with E-state index in [0.717, 1.165) is 5.56 Å². The van der Waals surface area contributed by atoms with E-state index in [4.69, 9.17) is 16.3 Å². The largest absolute Gasteiger partial charge is 0.377 e. The molecule has 104 valence electrons. The van der Waals surface area contributed by atoms with Gasteiger partial charge in [-0.3, -0.25) is 10.1 Å². The highest BCUT2D eigenvalue weighted by atomic mass is 35.5. The van der Waals surface area contributed by atoms with Crippen LogP contribution in [0.5, 0.6) is 0 Å². The van der Waals surface area contributed by atoms with Gasteiger partial charge in [0.25, 0.3) is 0 Å². The van der Waals surface area contributed by atoms with Crippen LogP contribution in [0.3, 0.4) is 0 Å². The molecular formula is C14H19ClN2O2. The van der Waals surface area contributed by atoms with Crippen molar-refractivity contribution in [3.8, 4) is 0 Å². The van der Waals surface area contributed by atoms with E-state index in [0.29, 0.717) is 24.7 Å². The molecule has 0 saturated carbocycles. The number of carbonyl (C=O) groups excluding carboxylic acids is 1. The van der Waals surface area contributed by atoms with Gasteiger partial charge in [-0.15, -0.1) is 0 Å². The van der Waals surface area contributed by atoms with Gasteiger partial charge < -0.3 is 9.64 Å². The van der Waals surface area contributed by atoms with Gasteiger partial charge in [-0.1, -0.05) is 23.7 Å². The topological polar surface area (TPSA) is 41.6 Å². The monoisotopic (exact) mass is 282 g/mol. The minimum absolute atomic E-state index is 0.0828. The van der Waals surface area contributed by atoms with Crippen molar-refractivity contribution in [3.63, 3.8) is 0 Å². The molecule has 0 bridgehead atoms. The number of halogens is 1. The molecule has 1 amide bonds. The van der Waals surface area contributed by atoms with E-state index in [1.54, 1.807) is 0 Å². The first-order chi connectivity index (χ1) is 9.08. The number of hydrogen-bond acceptors (Lipinski definition) is 3. The maximum Gasteiger partial charge on any atom is 0.238 e. The van der Waals surface area contributed by atoms with Crippen LogP contribution in [-0.4, -0.2) is 36.6 Å². The van der Waals surface area contributed by atoms with Crippen LogP contribution in [0.4, 0.5) is 0 Å². The van der Waals surface area contributed by atoms with Crippen molar-refractivity contribution in [1.82, 2.24) is 10.2 Å². The molecule has 1 aliphatic heterocycles. The Hall–Kier alpha value is -1.10. The van der Waals surface area contributed by atoms with Gasteiger partial charge in [-0.05, 0) is 31.5 Å². The third kappa shape index (κ3) is 3.69.